The summed E-state index contributed by atoms with van der Waals surface area (Å²) in [5, 5.41) is 10.7. The molecule has 0 radical (unpaired) electrons. The molecule has 3 aromatic heterocycles. The maximum absolute atomic E-state index is 11.9. The van der Waals surface area contributed by atoms with Gasteiger partial charge in [0.15, 0.2) is 5.82 Å². The van der Waals surface area contributed by atoms with Crippen LogP contribution in [-0.4, -0.2) is 25.8 Å². The van der Waals surface area contributed by atoms with Gasteiger partial charge in [-0.15, -0.1) is 0 Å². The van der Waals surface area contributed by atoms with Crippen molar-refractivity contribution < 1.29 is 9.32 Å². The zero-order valence-electron chi connectivity index (χ0n) is 13.7. The average Bonchev–Trinajstić information content (AvgIpc) is 3.02. The summed E-state index contributed by atoms with van der Waals surface area (Å²) >= 11 is 0. The molecule has 0 spiro atoms. The van der Waals surface area contributed by atoms with Crippen molar-refractivity contribution in [1.82, 2.24) is 19.9 Å². The molecule has 0 atom stereocenters. The summed E-state index contributed by atoms with van der Waals surface area (Å²) in [4.78, 5) is 27.9. The van der Waals surface area contributed by atoms with Crippen LogP contribution in [0.5, 0.6) is 0 Å². The third kappa shape index (κ3) is 4.37. The molecule has 0 aliphatic heterocycles. The van der Waals surface area contributed by atoms with Gasteiger partial charge >= 0.3 is 0 Å². The molecule has 1 N–H and O–H groups in total. The zero-order valence-corrected chi connectivity index (χ0v) is 13.7. The highest BCUT2D eigenvalue weighted by molar-refractivity contribution is 5.89. The van der Waals surface area contributed by atoms with Crippen molar-refractivity contribution in [1.29, 1.82) is 0 Å². The highest BCUT2D eigenvalue weighted by Crippen LogP contribution is 2.13. The molecule has 0 aliphatic carbocycles. The second kappa shape index (κ2) is 7.52. The second-order valence-corrected chi connectivity index (χ2v) is 5.50. The van der Waals surface area contributed by atoms with Crippen LogP contribution in [0.2, 0.25) is 0 Å². The molecule has 0 saturated carbocycles. The summed E-state index contributed by atoms with van der Waals surface area (Å²) < 4.78 is 6.24. The first-order chi connectivity index (χ1) is 12.1. The molecule has 0 aromatic carbocycles. The van der Waals surface area contributed by atoms with Crippen molar-refractivity contribution in [2.24, 2.45) is 0 Å². The predicted octanol–water partition coefficient (Wildman–Crippen LogP) is 2.02. The van der Waals surface area contributed by atoms with Gasteiger partial charge in [0.2, 0.25) is 5.91 Å². The van der Waals surface area contributed by atoms with E-state index in [4.69, 9.17) is 4.52 Å². The standard InChI is InChI=1S/C17H17N5O3/c1-12-10-15(21-25-12)19-16(23)5-3-9-22-17(24)7-6-14(20-22)13-4-2-8-18-11-13/h2,4,6-8,10-11H,3,5,9H2,1H3,(H,19,21,23). The minimum absolute atomic E-state index is 0.190. The lowest BCUT2D eigenvalue weighted by Gasteiger charge is -2.07. The molecule has 0 fully saturated rings. The van der Waals surface area contributed by atoms with Crippen LogP contribution < -0.4 is 10.9 Å². The van der Waals surface area contributed by atoms with Crippen LogP contribution in [0, 0.1) is 6.92 Å². The number of carbonyl (C=O) groups excluding carboxylic acids is 1. The van der Waals surface area contributed by atoms with Gasteiger partial charge in [0, 0.05) is 43.1 Å². The van der Waals surface area contributed by atoms with Gasteiger partial charge in [-0.1, -0.05) is 5.16 Å². The van der Waals surface area contributed by atoms with Crippen molar-refractivity contribution in [3.05, 3.63) is 58.8 Å². The highest BCUT2D eigenvalue weighted by Gasteiger charge is 2.08. The molecule has 3 aromatic rings. The van der Waals surface area contributed by atoms with E-state index in [2.05, 4.69) is 20.6 Å². The van der Waals surface area contributed by atoms with Crippen LogP contribution in [0.1, 0.15) is 18.6 Å². The van der Waals surface area contributed by atoms with Crippen molar-refractivity contribution in [2.45, 2.75) is 26.3 Å². The number of pyridine rings is 1. The fraction of sp³-hybridized carbons (Fsp3) is 0.235. The summed E-state index contributed by atoms with van der Waals surface area (Å²) in [5.41, 5.74) is 1.28. The quantitative estimate of drug-likeness (QED) is 0.737. The molecular weight excluding hydrogens is 322 g/mol. The molecular formula is C17H17N5O3. The Morgan fingerprint density at radius 1 is 1.32 bits per heavy atom. The Hall–Kier alpha value is -3.29. The lowest BCUT2D eigenvalue weighted by molar-refractivity contribution is -0.116. The second-order valence-electron chi connectivity index (χ2n) is 5.50. The Morgan fingerprint density at radius 3 is 2.92 bits per heavy atom. The van der Waals surface area contributed by atoms with Crippen LogP contribution in [-0.2, 0) is 11.3 Å². The topological polar surface area (TPSA) is 103 Å². The van der Waals surface area contributed by atoms with E-state index in [0.717, 1.165) is 5.56 Å². The van der Waals surface area contributed by atoms with Gasteiger partial charge in [-0.25, -0.2) is 4.68 Å². The summed E-state index contributed by atoms with van der Waals surface area (Å²) in [6, 6.07) is 8.45. The summed E-state index contributed by atoms with van der Waals surface area (Å²) in [6.07, 6.45) is 4.09. The lowest BCUT2D eigenvalue weighted by Crippen LogP contribution is -2.23. The molecule has 25 heavy (non-hydrogen) atoms. The monoisotopic (exact) mass is 339 g/mol. The number of hydrogen-bond donors (Lipinski definition) is 1. The molecule has 0 bridgehead atoms. The number of nitrogens with zero attached hydrogens (tertiary/aromatic N) is 4. The molecule has 0 aliphatic rings. The molecule has 3 heterocycles. The number of anilines is 1. The number of aromatic nitrogens is 4. The third-order valence-corrected chi connectivity index (χ3v) is 3.49. The van der Waals surface area contributed by atoms with E-state index in [1.165, 1.54) is 10.7 Å². The van der Waals surface area contributed by atoms with E-state index >= 15 is 0 Å². The SMILES string of the molecule is Cc1cc(NC(=O)CCCn2nc(-c3cccnc3)ccc2=O)no1. The Balaban J connectivity index is 1.59. The highest BCUT2D eigenvalue weighted by atomic mass is 16.5. The molecule has 8 nitrogen and oxygen atoms in total. The maximum Gasteiger partial charge on any atom is 0.266 e. The largest absolute Gasteiger partial charge is 0.360 e. The Kier molecular flexibility index (Phi) is 4.98. The first kappa shape index (κ1) is 16.6. The first-order valence-corrected chi connectivity index (χ1v) is 7.83. The maximum atomic E-state index is 11.9. The smallest absolute Gasteiger partial charge is 0.266 e. The number of rotatable bonds is 6. The lowest BCUT2D eigenvalue weighted by atomic mass is 10.2. The van der Waals surface area contributed by atoms with Gasteiger partial charge in [-0.3, -0.25) is 14.6 Å². The fourth-order valence-corrected chi connectivity index (χ4v) is 2.30. The van der Waals surface area contributed by atoms with Crippen molar-refractivity contribution in [3.63, 3.8) is 0 Å². The molecule has 0 saturated heterocycles. The van der Waals surface area contributed by atoms with Gasteiger partial charge in [0.05, 0.1) is 5.69 Å². The summed E-state index contributed by atoms with van der Waals surface area (Å²) in [7, 11) is 0. The van der Waals surface area contributed by atoms with Gasteiger partial charge < -0.3 is 9.84 Å². The van der Waals surface area contributed by atoms with Crippen molar-refractivity contribution in [3.8, 4) is 11.3 Å². The summed E-state index contributed by atoms with van der Waals surface area (Å²) in [5.74, 6) is 0.819. The molecule has 0 unspecified atom stereocenters. The number of hydrogen-bond acceptors (Lipinski definition) is 6. The molecule has 8 heteroatoms. The van der Waals surface area contributed by atoms with Crippen LogP contribution >= 0.6 is 0 Å². The van der Waals surface area contributed by atoms with E-state index < -0.39 is 0 Å². The molecule has 3 rings (SSSR count). The third-order valence-electron chi connectivity index (χ3n) is 3.49. The van der Waals surface area contributed by atoms with Crippen LogP contribution in [0.4, 0.5) is 5.82 Å². The van der Waals surface area contributed by atoms with Gasteiger partial charge in [0.25, 0.3) is 5.56 Å². The first-order valence-electron chi connectivity index (χ1n) is 7.83. The Bertz CT molecular complexity index is 917. The van der Waals surface area contributed by atoms with Gasteiger partial charge in [0.1, 0.15) is 5.76 Å². The van der Waals surface area contributed by atoms with E-state index in [9.17, 15) is 9.59 Å². The minimum atomic E-state index is -0.208. The number of nitrogens with one attached hydrogen (secondary N) is 1. The van der Waals surface area contributed by atoms with Crippen LogP contribution in [0.25, 0.3) is 11.3 Å². The fourth-order valence-electron chi connectivity index (χ4n) is 2.30. The van der Waals surface area contributed by atoms with Gasteiger partial charge in [-0.05, 0) is 31.5 Å². The normalized spacial score (nSPS) is 10.6. The van der Waals surface area contributed by atoms with Gasteiger partial charge in [-0.2, -0.15) is 5.10 Å². The van der Waals surface area contributed by atoms with Crippen molar-refractivity contribution in [2.75, 3.05) is 5.32 Å². The Labute approximate surface area is 143 Å². The summed E-state index contributed by atoms with van der Waals surface area (Å²) in [6.45, 7) is 2.09. The van der Waals surface area contributed by atoms with E-state index in [1.54, 1.807) is 31.5 Å². The Morgan fingerprint density at radius 2 is 2.20 bits per heavy atom. The minimum Gasteiger partial charge on any atom is -0.360 e. The van der Waals surface area contributed by atoms with Crippen LogP contribution in [0.15, 0.2) is 52.0 Å². The van der Waals surface area contributed by atoms with E-state index in [0.29, 0.717) is 30.2 Å². The van der Waals surface area contributed by atoms with Crippen LogP contribution in [0.3, 0.4) is 0 Å². The number of aryl methyl sites for hydroxylation is 2. The van der Waals surface area contributed by atoms with Crippen molar-refractivity contribution >= 4 is 11.7 Å². The predicted molar refractivity (Wildman–Crippen MR) is 90.8 cm³/mol. The number of carbonyl (C=O) groups is 1. The molecule has 128 valence electrons. The zero-order chi connectivity index (χ0) is 17.6. The van der Waals surface area contributed by atoms with E-state index in [1.807, 2.05) is 12.1 Å². The number of amides is 1. The average molecular weight is 339 g/mol. The van der Waals surface area contributed by atoms with E-state index in [-0.39, 0.29) is 17.9 Å². The molecule has 1 amide bonds.